The number of benzene rings is 3. The van der Waals surface area contributed by atoms with E-state index in [0.29, 0.717) is 16.1 Å². The smallest absolute Gasteiger partial charge is 0.339 e. The van der Waals surface area contributed by atoms with E-state index in [2.05, 4.69) is 21.6 Å². The lowest BCUT2D eigenvalue weighted by Gasteiger charge is -2.11. The number of methoxy groups -OCH3 is 1. The molecule has 0 fully saturated rings. The summed E-state index contributed by atoms with van der Waals surface area (Å²) in [5, 5.41) is 20.8. The Labute approximate surface area is 211 Å². The molecular formula is C25H18N4O5S2. The summed E-state index contributed by atoms with van der Waals surface area (Å²) in [6, 6.07) is 23.0. The number of nitriles is 1. The number of hydrogen-bond donors (Lipinski definition) is 1. The molecule has 11 heteroatoms. The maximum absolute atomic E-state index is 12.6. The maximum Gasteiger partial charge on any atom is 0.339 e. The van der Waals surface area contributed by atoms with E-state index in [0.717, 1.165) is 11.3 Å². The number of nitrogens with zero attached hydrogens (tertiary/aromatic N) is 3. The van der Waals surface area contributed by atoms with Crippen molar-refractivity contribution in [3.05, 3.63) is 95.0 Å². The van der Waals surface area contributed by atoms with E-state index < -0.39 is 10.1 Å². The highest BCUT2D eigenvalue weighted by atomic mass is 32.2. The highest BCUT2D eigenvalue weighted by Gasteiger charge is 2.19. The summed E-state index contributed by atoms with van der Waals surface area (Å²) < 4.78 is 35.7. The van der Waals surface area contributed by atoms with Crippen LogP contribution in [0.3, 0.4) is 0 Å². The Bertz CT molecular complexity index is 1560. The van der Waals surface area contributed by atoms with Gasteiger partial charge in [-0.2, -0.15) is 13.7 Å². The topological polar surface area (TPSA) is 131 Å². The molecule has 36 heavy (non-hydrogen) atoms. The van der Waals surface area contributed by atoms with Crippen LogP contribution in [0, 0.1) is 11.3 Å². The van der Waals surface area contributed by atoms with Crippen LogP contribution in [0.5, 0.6) is 11.5 Å². The minimum Gasteiger partial charge on any atom is -0.493 e. The van der Waals surface area contributed by atoms with E-state index in [-0.39, 0.29) is 33.0 Å². The summed E-state index contributed by atoms with van der Waals surface area (Å²) in [6.07, 6.45) is 1.54. The van der Waals surface area contributed by atoms with Crippen LogP contribution in [-0.2, 0) is 10.1 Å². The Kier molecular flexibility index (Phi) is 7.39. The Morgan fingerprint density at radius 3 is 2.36 bits per heavy atom. The van der Waals surface area contributed by atoms with Crippen LogP contribution in [0.15, 0.2) is 83.8 Å². The van der Waals surface area contributed by atoms with Crippen molar-refractivity contribution in [2.24, 2.45) is 0 Å². The first-order valence-electron chi connectivity index (χ1n) is 10.4. The number of rotatable bonds is 8. The third-order valence-corrected chi connectivity index (χ3v) is 6.88. The molecule has 1 N–H and O–H groups in total. The van der Waals surface area contributed by atoms with E-state index in [1.54, 1.807) is 60.7 Å². The van der Waals surface area contributed by atoms with Crippen molar-refractivity contribution in [3.63, 3.8) is 0 Å². The molecule has 1 heterocycles. The molecule has 1 amide bonds. The number of hydrogen-bond acceptors (Lipinski definition) is 9. The molecule has 0 saturated heterocycles. The zero-order chi connectivity index (χ0) is 25.5. The zero-order valence-corrected chi connectivity index (χ0v) is 20.4. The van der Waals surface area contributed by atoms with Crippen LogP contribution in [0.4, 0.5) is 5.13 Å². The number of amides is 1. The van der Waals surface area contributed by atoms with Gasteiger partial charge in [0.2, 0.25) is 5.13 Å². The van der Waals surface area contributed by atoms with Crippen molar-refractivity contribution in [2.45, 2.75) is 4.90 Å². The average Bonchev–Trinajstić information content (AvgIpc) is 3.37. The number of carbonyl (C=O) groups excluding carboxylic acids is 1. The molecule has 0 unspecified atom stereocenters. The Morgan fingerprint density at radius 2 is 1.69 bits per heavy atom. The van der Waals surface area contributed by atoms with Gasteiger partial charge < -0.3 is 8.92 Å². The van der Waals surface area contributed by atoms with Gasteiger partial charge in [-0.05, 0) is 48.0 Å². The highest BCUT2D eigenvalue weighted by molar-refractivity contribution is 7.87. The molecule has 0 aliphatic carbocycles. The normalized spacial score (nSPS) is 11.4. The molecule has 0 atom stereocenters. The Balaban J connectivity index is 1.54. The number of anilines is 1. The van der Waals surface area contributed by atoms with E-state index in [1.807, 2.05) is 0 Å². The van der Waals surface area contributed by atoms with E-state index in [4.69, 9.17) is 8.92 Å². The molecule has 9 nitrogen and oxygen atoms in total. The number of carbonyl (C=O) groups is 1. The van der Waals surface area contributed by atoms with Gasteiger partial charge in [-0.1, -0.05) is 53.8 Å². The van der Waals surface area contributed by atoms with Gasteiger partial charge in [0.1, 0.15) is 11.0 Å². The van der Waals surface area contributed by atoms with E-state index in [9.17, 15) is 18.5 Å². The SMILES string of the molecule is COc1cc(C=C(C#N)c2nnc(NC(=O)c3ccccc3)s2)ccc1OS(=O)(=O)c1ccccc1. The number of aromatic nitrogens is 2. The summed E-state index contributed by atoms with van der Waals surface area (Å²) in [4.78, 5) is 12.3. The third-order valence-electron chi connectivity index (χ3n) is 4.76. The standard InChI is InChI=1S/C25H18N4O5S2/c1-33-22-15-17(12-13-21(22)34-36(31,32)20-10-6-3-7-11-20)14-19(16-26)24-28-29-25(35-24)27-23(30)18-8-4-2-5-9-18/h2-15H,1H3,(H,27,29,30). The molecule has 4 aromatic rings. The lowest BCUT2D eigenvalue weighted by atomic mass is 10.1. The monoisotopic (exact) mass is 518 g/mol. The van der Waals surface area contributed by atoms with E-state index in [1.165, 1.54) is 31.4 Å². The molecule has 3 aromatic carbocycles. The van der Waals surface area contributed by atoms with Crippen LogP contribution in [-0.4, -0.2) is 31.6 Å². The lowest BCUT2D eigenvalue weighted by Crippen LogP contribution is -2.11. The molecular weight excluding hydrogens is 500 g/mol. The second-order valence-electron chi connectivity index (χ2n) is 7.16. The van der Waals surface area contributed by atoms with Gasteiger partial charge in [0.05, 0.1) is 12.7 Å². The molecule has 1 aromatic heterocycles. The number of ether oxygens (including phenoxy) is 1. The molecule has 4 rings (SSSR count). The fraction of sp³-hybridized carbons (Fsp3) is 0.0400. The molecule has 0 bridgehead atoms. The summed E-state index contributed by atoms with van der Waals surface area (Å²) in [6.45, 7) is 0. The summed E-state index contributed by atoms with van der Waals surface area (Å²) in [5.41, 5.74) is 1.20. The fourth-order valence-electron chi connectivity index (χ4n) is 3.05. The second kappa shape index (κ2) is 10.8. The number of allylic oxidation sites excluding steroid dienone is 1. The van der Waals surface area contributed by atoms with Crippen LogP contribution in [0.2, 0.25) is 0 Å². The molecule has 0 spiro atoms. The first kappa shape index (κ1) is 24.6. The van der Waals surface area contributed by atoms with Crippen molar-refractivity contribution in [1.82, 2.24) is 10.2 Å². The Hall–Kier alpha value is -4.53. The van der Waals surface area contributed by atoms with Crippen molar-refractivity contribution < 1.29 is 22.1 Å². The van der Waals surface area contributed by atoms with Crippen LogP contribution < -0.4 is 14.2 Å². The average molecular weight is 519 g/mol. The quantitative estimate of drug-likeness (QED) is 0.264. The van der Waals surface area contributed by atoms with Crippen molar-refractivity contribution in [2.75, 3.05) is 12.4 Å². The van der Waals surface area contributed by atoms with Crippen molar-refractivity contribution in [3.8, 4) is 17.6 Å². The second-order valence-corrected chi connectivity index (χ2v) is 9.69. The summed E-state index contributed by atoms with van der Waals surface area (Å²) >= 11 is 1.05. The Morgan fingerprint density at radius 1 is 1.00 bits per heavy atom. The van der Waals surface area contributed by atoms with E-state index >= 15 is 0 Å². The van der Waals surface area contributed by atoms with Crippen molar-refractivity contribution in [1.29, 1.82) is 5.26 Å². The molecule has 0 radical (unpaired) electrons. The molecule has 0 saturated carbocycles. The van der Waals surface area contributed by atoms with Gasteiger partial charge in [-0.25, -0.2) is 0 Å². The zero-order valence-electron chi connectivity index (χ0n) is 18.8. The van der Waals surface area contributed by atoms with Crippen LogP contribution in [0.1, 0.15) is 20.9 Å². The predicted molar refractivity (Wildman–Crippen MR) is 135 cm³/mol. The minimum atomic E-state index is -4.06. The molecule has 0 aliphatic heterocycles. The lowest BCUT2D eigenvalue weighted by molar-refractivity contribution is 0.102. The summed E-state index contributed by atoms with van der Waals surface area (Å²) in [5.74, 6) is -0.181. The van der Waals surface area contributed by atoms with Gasteiger partial charge in [0, 0.05) is 5.56 Å². The van der Waals surface area contributed by atoms with Gasteiger partial charge >= 0.3 is 10.1 Å². The first-order valence-corrected chi connectivity index (χ1v) is 12.6. The molecule has 0 aliphatic rings. The maximum atomic E-state index is 12.6. The van der Waals surface area contributed by atoms with Gasteiger partial charge in [-0.15, -0.1) is 10.2 Å². The van der Waals surface area contributed by atoms with Gasteiger partial charge in [0.25, 0.3) is 5.91 Å². The fourth-order valence-corrected chi connectivity index (χ4v) is 4.71. The summed E-state index contributed by atoms with van der Waals surface area (Å²) in [7, 11) is -2.68. The van der Waals surface area contributed by atoms with Gasteiger partial charge in [0.15, 0.2) is 16.5 Å². The highest BCUT2D eigenvalue weighted by Crippen LogP contribution is 2.32. The molecule has 180 valence electrons. The predicted octanol–water partition coefficient (Wildman–Crippen LogP) is 4.63. The van der Waals surface area contributed by atoms with Gasteiger partial charge in [-0.3, -0.25) is 10.1 Å². The van der Waals surface area contributed by atoms with Crippen LogP contribution >= 0.6 is 11.3 Å². The van der Waals surface area contributed by atoms with Crippen molar-refractivity contribution >= 4 is 44.1 Å². The van der Waals surface area contributed by atoms with Crippen LogP contribution in [0.25, 0.3) is 11.6 Å². The minimum absolute atomic E-state index is 0.00108. The third kappa shape index (κ3) is 5.75. The number of nitrogens with one attached hydrogen (secondary N) is 1. The first-order chi connectivity index (χ1) is 17.4. The largest absolute Gasteiger partial charge is 0.493 e.